The number of hydrogen-bond donors (Lipinski definition) is 0. The van der Waals surface area contributed by atoms with E-state index in [0.717, 1.165) is 40.9 Å². The molecule has 0 saturated heterocycles. The highest BCUT2D eigenvalue weighted by Crippen LogP contribution is 2.43. The molecule has 0 atom stereocenters. The van der Waals surface area contributed by atoms with Gasteiger partial charge >= 0.3 is 0 Å². The monoisotopic (exact) mass is 370 g/mol. The number of ketones is 1. The summed E-state index contributed by atoms with van der Waals surface area (Å²) in [7, 11) is 0. The summed E-state index contributed by atoms with van der Waals surface area (Å²) in [6.07, 6.45) is 9.26. The molecule has 3 heteroatoms. The van der Waals surface area contributed by atoms with Crippen LogP contribution in [0.3, 0.4) is 0 Å². The first kappa shape index (κ1) is 18.5. The fourth-order valence-electron chi connectivity index (χ4n) is 4.46. The Kier molecular flexibility index (Phi) is 5.34. The molecular weight excluding hydrogens is 344 g/mol. The second-order valence-electron chi connectivity index (χ2n) is 7.98. The molecule has 0 aliphatic heterocycles. The standard InChI is InChI=1S/C25H26N2O/c1-19-16-22(11-15-26-19)21-9-7-20(8-10-21)17-23(28)18-25(12-3-4-13-25)24-6-2-5-14-27-24/h2,5-11,14-16H,3-4,12-13,17-18H2,1H3. The number of carbonyl (C=O) groups excluding carboxylic acids is 1. The first-order valence-electron chi connectivity index (χ1n) is 10.1. The quantitative estimate of drug-likeness (QED) is 0.578. The van der Waals surface area contributed by atoms with E-state index in [0.29, 0.717) is 18.6 Å². The Morgan fingerprint density at radius 3 is 2.39 bits per heavy atom. The molecule has 0 N–H and O–H groups in total. The SMILES string of the molecule is Cc1cc(-c2ccc(CC(=O)CC3(c4ccccn4)CCCC3)cc2)ccn1. The maximum Gasteiger partial charge on any atom is 0.138 e. The molecule has 0 amide bonds. The van der Waals surface area contributed by atoms with Crippen LogP contribution >= 0.6 is 0 Å². The molecule has 1 fully saturated rings. The van der Waals surface area contributed by atoms with Crippen molar-refractivity contribution in [2.24, 2.45) is 0 Å². The van der Waals surface area contributed by atoms with Gasteiger partial charge in [0, 0.05) is 42.0 Å². The van der Waals surface area contributed by atoms with Crippen molar-refractivity contribution in [3.05, 3.63) is 83.9 Å². The van der Waals surface area contributed by atoms with Crippen molar-refractivity contribution < 1.29 is 4.79 Å². The molecule has 1 aliphatic rings. The third-order valence-electron chi connectivity index (χ3n) is 5.89. The van der Waals surface area contributed by atoms with Gasteiger partial charge in [-0.1, -0.05) is 43.2 Å². The summed E-state index contributed by atoms with van der Waals surface area (Å²) in [6, 6.07) is 18.5. The zero-order valence-electron chi connectivity index (χ0n) is 16.4. The van der Waals surface area contributed by atoms with Gasteiger partial charge < -0.3 is 0 Å². The lowest BCUT2D eigenvalue weighted by atomic mass is 9.77. The molecule has 28 heavy (non-hydrogen) atoms. The number of hydrogen-bond acceptors (Lipinski definition) is 3. The Morgan fingerprint density at radius 1 is 0.929 bits per heavy atom. The summed E-state index contributed by atoms with van der Waals surface area (Å²) < 4.78 is 0. The summed E-state index contributed by atoms with van der Waals surface area (Å²) in [6.45, 7) is 2.00. The average molecular weight is 370 g/mol. The second kappa shape index (κ2) is 8.05. The van der Waals surface area contributed by atoms with Gasteiger partial charge in [-0.15, -0.1) is 0 Å². The Morgan fingerprint density at radius 2 is 1.71 bits per heavy atom. The third-order valence-corrected chi connectivity index (χ3v) is 5.89. The first-order chi connectivity index (χ1) is 13.6. The first-order valence-corrected chi connectivity index (χ1v) is 10.1. The second-order valence-corrected chi connectivity index (χ2v) is 7.98. The lowest BCUT2D eigenvalue weighted by Crippen LogP contribution is -2.27. The smallest absolute Gasteiger partial charge is 0.138 e. The van der Waals surface area contributed by atoms with Crippen LogP contribution in [0.2, 0.25) is 0 Å². The summed E-state index contributed by atoms with van der Waals surface area (Å²) in [5.41, 5.74) is 5.42. The molecule has 4 rings (SSSR count). The molecule has 3 nitrogen and oxygen atoms in total. The van der Waals surface area contributed by atoms with Gasteiger partial charge in [0.15, 0.2) is 0 Å². The minimum absolute atomic E-state index is 0.0626. The Hall–Kier alpha value is -2.81. The van der Waals surface area contributed by atoms with E-state index >= 15 is 0 Å². The predicted octanol–water partition coefficient (Wildman–Crippen LogP) is 5.47. The Balaban J connectivity index is 1.46. The molecule has 1 saturated carbocycles. The van der Waals surface area contributed by atoms with Crippen molar-refractivity contribution >= 4 is 5.78 Å². The summed E-state index contributed by atoms with van der Waals surface area (Å²) >= 11 is 0. The van der Waals surface area contributed by atoms with Crippen LogP contribution in [0.4, 0.5) is 0 Å². The fraction of sp³-hybridized carbons (Fsp3) is 0.320. The van der Waals surface area contributed by atoms with E-state index < -0.39 is 0 Å². The summed E-state index contributed by atoms with van der Waals surface area (Å²) in [5.74, 6) is 0.306. The van der Waals surface area contributed by atoms with Crippen LogP contribution in [-0.4, -0.2) is 15.8 Å². The molecule has 2 heterocycles. The lowest BCUT2D eigenvalue weighted by Gasteiger charge is -2.27. The van der Waals surface area contributed by atoms with E-state index in [4.69, 9.17) is 0 Å². The number of Topliss-reactive ketones (excluding diaryl/α,β-unsaturated/α-hetero) is 1. The van der Waals surface area contributed by atoms with Gasteiger partial charge in [-0.05, 0) is 60.7 Å². The van der Waals surface area contributed by atoms with Crippen molar-refractivity contribution in [3.8, 4) is 11.1 Å². The molecule has 0 spiro atoms. The van der Waals surface area contributed by atoms with Crippen LogP contribution in [0.1, 0.15) is 49.1 Å². The van der Waals surface area contributed by atoms with Crippen molar-refractivity contribution in [1.82, 2.24) is 9.97 Å². The highest BCUT2D eigenvalue weighted by molar-refractivity contribution is 5.82. The van der Waals surface area contributed by atoms with E-state index in [9.17, 15) is 4.79 Å². The summed E-state index contributed by atoms with van der Waals surface area (Å²) in [4.78, 5) is 21.8. The van der Waals surface area contributed by atoms with Crippen LogP contribution < -0.4 is 0 Å². The van der Waals surface area contributed by atoms with Gasteiger partial charge in [0.25, 0.3) is 0 Å². The number of nitrogens with zero attached hydrogens (tertiary/aromatic N) is 2. The number of aryl methyl sites for hydroxylation is 1. The van der Waals surface area contributed by atoms with E-state index in [1.807, 2.05) is 37.5 Å². The van der Waals surface area contributed by atoms with E-state index in [2.05, 4.69) is 46.4 Å². The van der Waals surface area contributed by atoms with Gasteiger partial charge in [-0.2, -0.15) is 0 Å². The molecule has 0 unspecified atom stereocenters. The number of benzene rings is 1. The third kappa shape index (κ3) is 4.04. The topological polar surface area (TPSA) is 42.9 Å². The zero-order valence-corrected chi connectivity index (χ0v) is 16.4. The van der Waals surface area contributed by atoms with Crippen molar-refractivity contribution in [2.75, 3.05) is 0 Å². The van der Waals surface area contributed by atoms with Crippen LogP contribution in [-0.2, 0) is 16.6 Å². The van der Waals surface area contributed by atoms with Crippen molar-refractivity contribution in [2.45, 2.75) is 50.9 Å². The van der Waals surface area contributed by atoms with Gasteiger partial charge in [0.2, 0.25) is 0 Å². The molecular formula is C25H26N2O. The highest BCUT2D eigenvalue weighted by Gasteiger charge is 2.38. The minimum atomic E-state index is -0.0626. The number of rotatable bonds is 6. The van der Waals surface area contributed by atoms with Crippen molar-refractivity contribution in [1.29, 1.82) is 0 Å². The van der Waals surface area contributed by atoms with E-state index in [1.54, 1.807) is 0 Å². The average Bonchev–Trinajstić information content (AvgIpc) is 3.19. The molecule has 1 aromatic carbocycles. The van der Waals surface area contributed by atoms with Gasteiger partial charge in [-0.3, -0.25) is 14.8 Å². The predicted molar refractivity (Wildman–Crippen MR) is 112 cm³/mol. The fourth-order valence-corrected chi connectivity index (χ4v) is 4.46. The van der Waals surface area contributed by atoms with Crippen LogP contribution in [0.25, 0.3) is 11.1 Å². The Bertz CT molecular complexity index is 942. The van der Waals surface area contributed by atoms with Gasteiger partial charge in [-0.25, -0.2) is 0 Å². The molecule has 2 aromatic heterocycles. The molecule has 1 aliphatic carbocycles. The van der Waals surface area contributed by atoms with Crippen LogP contribution in [0.15, 0.2) is 67.0 Å². The largest absolute Gasteiger partial charge is 0.299 e. The lowest BCUT2D eigenvalue weighted by molar-refractivity contribution is -0.119. The zero-order chi connectivity index (χ0) is 19.4. The normalized spacial score (nSPS) is 15.5. The maximum atomic E-state index is 12.9. The van der Waals surface area contributed by atoms with Gasteiger partial charge in [0.1, 0.15) is 5.78 Å². The van der Waals surface area contributed by atoms with E-state index in [1.165, 1.54) is 12.8 Å². The van der Waals surface area contributed by atoms with Crippen molar-refractivity contribution in [3.63, 3.8) is 0 Å². The minimum Gasteiger partial charge on any atom is -0.299 e. The highest BCUT2D eigenvalue weighted by atomic mass is 16.1. The van der Waals surface area contributed by atoms with E-state index in [-0.39, 0.29) is 5.41 Å². The molecule has 3 aromatic rings. The number of carbonyl (C=O) groups is 1. The summed E-state index contributed by atoms with van der Waals surface area (Å²) in [5, 5.41) is 0. The molecule has 0 radical (unpaired) electrons. The van der Waals surface area contributed by atoms with Gasteiger partial charge in [0.05, 0.1) is 0 Å². The van der Waals surface area contributed by atoms with Crippen LogP contribution in [0, 0.1) is 6.92 Å². The van der Waals surface area contributed by atoms with Crippen LogP contribution in [0.5, 0.6) is 0 Å². The molecule has 142 valence electrons. The number of pyridine rings is 2. The maximum absolute atomic E-state index is 12.9. The number of aromatic nitrogens is 2. The molecule has 0 bridgehead atoms. The Labute approximate surface area is 166 Å².